The van der Waals surface area contributed by atoms with Crippen molar-refractivity contribution in [1.82, 2.24) is 0 Å². The van der Waals surface area contributed by atoms with Crippen LogP contribution in [0.2, 0.25) is 0 Å². The van der Waals surface area contributed by atoms with E-state index < -0.39 is 6.10 Å². The highest BCUT2D eigenvalue weighted by atomic mass is 32.1. The number of hydrogen-bond acceptors (Lipinski definition) is 1. The van der Waals surface area contributed by atoms with Crippen LogP contribution in [0.3, 0.4) is 0 Å². The lowest BCUT2D eigenvalue weighted by Gasteiger charge is -2.04. The van der Waals surface area contributed by atoms with E-state index in [0.29, 0.717) is 5.75 Å². The number of benzene rings is 1. The minimum Gasteiger partial charge on any atom is -0.388 e. The molecule has 0 aliphatic rings. The van der Waals surface area contributed by atoms with E-state index in [0.717, 1.165) is 5.56 Å². The summed E-state index contributed by atoms with van der Waals surface area (Å²) in [7, 11) is 0. The predicted molar refractivity (Wildman–Crippen MR) is 43.9 cm³/mol. The van der Waals surface area contributed by atoms with Crippen molar-refractivity contribution in [1.29, 1.82) is 0 Å². The van der Waals surface area contributed by atoms with Gasteiger partial charge in [-0.05, 0) is 5.56 Å². The molecule has 1 aromatic rings. The molecular weight excluding hydrogens is 144 g/mol. The molecule has 0 aliphatic heterocycles. The van der Waals surface area contributed by atoms with Crippen LogP contribution < -0.4 is 0 Å². The van der Waals surface area contributed by atoms with Crippen molar-refractivity contribution in [3.8, 4) is 0 Å². The molecule has 0 saturated heterocycles. The molecule has 0 aliphatic carbocycles. The van der Waals surface area contributed by atoms with E-state index in [2.05, 4.69) is 0 Å². The first-order chi connectivity index (χ1) is 4.84. The zero-order valence-corrected chi connectivity index (χ0v) is 6.34. The molecular formula is C8H9OS. The van der Waals surface area contributed by atoms with Crippen molar-refractivity contribution in [2.45, 2.75) is 6.10 Å². The maximum Gasteiger partial charge on any atom is 0.0888 e. The molecule has 0 saturated carbocycles. The molecule has 1 rings (SSSR count). The number of hydrogen-bond donors (Lipinski definition) is 1. The summed E-state index contributed by atoms with van der Waals surface area (Å²) >= 11 is 4.71. The molecule has 0 heterocycles. The number of aliphatic hydroxyl groups excluding tert-OH is 1. The van der Waals surface area contributed by atoms with Gasteiger partial charge in [0, 0.05) is 5.75 Å². The SMILES string of the molecule is OC(C[S])c1ccccc1. The molecule has 0 bridgehead atoms. The van der Waals surface area contributed by atoms with Crippen molar-refractivity contribution >= 4 is 12.6 Å². The van der Waals surface area contributed by atoms with Gasteiger partial charge >= 0.3 is 0 Å². The normalized spacial score (nSPS) is 13.0. The fourth-order valence-corrected chi connectivity index (χ4v) is 0.964. The Bertz CT molecular complexity index is 186. The molecule has 1 radical (unpaired) electrons. The molecule has 1 aromatic carbocycles. The average molecular weight is 153 g/mol. The standard InChI is InChI=1S/C8H9OS/c9-8(6-10)7-4-2-1-3-5-7/h1-5,8-9H,6H2. The van der Waals surface area contributed by atoms with Gasteiger partial charge in [-0.3, -0.25) is 0 Å². The third kappa shape index (κ3) is 1.75. The number of rotatable bonds is 2. The van der Waals surface area contributed by atoms with E-state index in [1.807, 2.05) is 30.3 Å². The quantitative estimate of drug-likeness (QED) is 0.688. The summed E-state index contributed by atoms with van der Waals surface area (Å²) < 4.78 is 0. The first kappa shape index (κ1) is 7.63. The van der Waals surface area contributed by atoms with Crippen LogP contribution in [-0.4, -0.2) is 10.9 Å². The second-order valence-corrected chi connectivity index (χ2v) is 2.43. The Balaban J connectivity index is 2.75. The van der Waals surface area contributed by atoms with Crippen LogP contribution in [0.15, 0.2) is 30.3 Å². The van der Waals surface area contributed by atoms with Crippen molar-refractivity contribution in [2.24, 2.45) is 0 Å². The first-order valence-electron chi connectivity index (χ1n) is 3.15. The van der Waals surface area contributed by atoms with E-state index in [-0.39, 0.29) is 0 Å². The van der Waals surface area contributed by atoms with Gasteiger partial charge in [0.15, 0.2) is 0 Å². The molecule has 1 N–H and O–H groups in total. The maximum atomic E-state index is 9.23. The summed E-state index contributed by atoms with van der Waals surface area (Å²) in [6.45, 7) is 0. The van der Waals surface area contributed by atoms with Crippen LogP contribution in [0.4, 0.5) is 0 Å². The summed E-state index contributed by atoms with van der Waals surface area (Å²) in [5.74, 6) is 0.365. The molecule has 0 fully saturated rings. The van der Waals surface area contributed by atoms with Crippen molar-refractivity contribution in [2.75, 3.05) is 5.75 Å². The lowest BCUT2D eigenvalue weighted by molar-refractivity contribution is 0.204. The fourth-order valence-electron chi connectivity index (χ4n) is 0.771. The van der Waals surface area contributed by atoms with E-state index >= 15 is 0 Å². The molecule has 0 amide bonds. The summed E-state index contributed by atoms with van der Waals surface area (Å²) in [6, 6.07) is 9.45. The second-order valence-electron chi connectivity index (χ2n) is 2.09. The van der Waals surface area contributed by atoms with Gasteiger partial charge in [-0.15, -0.1) is 0 Å². The molecule has 1 atom stereocenters. The Labute approximate surface area is 66.1 Å². The average Bonchev–Trinajstić information content (AvgIpc) is 2.05. The molecule has 1 unspecified atom stereocenters. The zero-order valence-electron chi connectivity index (χ0n) is 5.53. The minimum absolute atomic E-state index is 0.365. The lowest BCUT2D eigenvalue weighted by atomic mass is 10.1. The van der Waals surface area contributed by atoms with Gasteiger partial charge in [-0.2, -0.15) is 0 Å². The monoisotopic (exact) mass is 153 g/mol. The van der Waals surface area contributed by atoms with Gasteiger partial charge in [0.2, 0.25) is 0 Å². The Morgan fingerprint density at radius 1 is 1.30 bits per heavy atom. The van der Waals surface area contributed by atoms with E-state index in [1.165, 1.54) is 0 Å². The van der Waals surface area contributed by atoms with E-state index in [9.17, 15) is 5.11 Å². The van der Waals surface area contributed by atoms with Gasteiger partial charge in [0.25, 0.3) is 0 Å². The zero-order chi connectivity index (χ0) is 7.40. The lowest BCUT2D eigenvalue weighted by Crippen LogP contribution is -1.97. The highest BCUT2D eigenvalue weighted by molar-refractivity contribution is 7.80. The second kappa shape index (κ2) is 3.64. The van der Waals surface area contributed by atoms with Crippen LogP contribution in [0.25, 0.3) is 0 Å². The van der Waals surface area contributed by atoms with Crippen LogP contribution in [-0.2, 0) is 0 Å². The third-order valence-corrected chi connectivity index (χ3v) is 1.66. The largest absolute Gasteiger partial charge is 0.388 e. The maximum absolute atomic E-state index is 9.23. The molecule has 1 nitrogen and oxygen atoms in total. The van der Waals surface area contributed by atoms with Crippen LogP contribution in [0.5, 0.6) is 0 Å². The van der Waals surface area contributed by atoms with Gasteiger partial charge in [-0.1, -0.05) is 43.0 Å². The summed E-state index contributed by atoms with van der Waals surface area (Å²) in [6.07, 6.45) is -0.476. The molecule has 0 spiro atoms. The van der Waals surface area contributed by atoms with Crippen LogP contribution in [0.1, 0.15) is 11.7 Å². The summed E-state index contributed by atoms with van der Waals surface area (Å²) in [5, 5.41) is 9.23. The topological polar surface area (TPSA) is 20.2 Å². The smallest absolute Gasteiger partial charge is 0.0888 e. The third-order valence-electron chi connectivity index (χ3n) is 1.34. The first-order valence-corrected chi connectivity index (χ1v) is 3.73. The Morgan fingerprint density at radius 2 is 1.90 bits per heavy atom. The van der Waals surface area contributed by atoms with Crippen LogP contribution >= 0.6 is 12.6 Å². The van der Waals surface area contributed by atoms with E-state index in [4.69, 9.17) is 12.6 Å². The van der Waals surface area contributed by atoms with Gasteiger partial charge < -0.3 is 5.11 Å². The Kier molecular flexibility index (Phi) is 2.78. The fraction of sp³-hybridized carbons (Fsp3) is 0.250. The molecule has 0 aromatic heterocycles. The van der Waals surface area contributed by atoms with Crippen molar-refractivity contribution in [3.05, 3.63) is 35.9 Å². The van der Waals surface area contributed by atoms with Gasteiger partial charge in [0.05, 0.1) is 6.10 Å². The van der Waals surface area contributed by atoms with Gasteiger partial charge in [0.1, 0.15) is 0 Å². The number of aliphatic hydroxyl groups is 1. The highest BCUT2D eigenvalue weighted by Gasteiger charge is 2.01. The van der Waals surface area contributed by atoms with Crippen LogP contribution in [0, 0.1) is 0 Å². The highest BCUT2D eigenvalue weighted by Crippen LogP contribution is 2.12. The molecule has 53 valence electrons. The molecule has 10 heavy (non-hydrogen) atoms. The Hall–Kier alpha value is -0.470. The Morgan fingerprint density at radius 3 is 2.40 bits per heavy atom. The minimum atomic E-state index is -0.476. The van der Waals surface area contributed by atoms with E-state index in [1.54, 1.807) is 0 Å². The van der Waals surface area contributed by atoms with Gasteiger partial charge in [-0.25, -0.2) is 0 Å². The predicted octanol–water partition coefficient (Wildman–Crippen LogP) is 1.92. The van der Waals surface area contributed by atoms with Crippen molar-refractivity contribution in [3.63, 3.8) is 0 Å². The summed E-state index contributed by atoms with van der Waals surface area (Å²) in [5.41, 5.74) is 0.900. The summed E-state index contributed by atoms with van der Waals surface area (Å²) in [4.78, 5) is 0. The molecule has 2 heteroatoms. The van der Waals surface area contributed by atoms with Crippen molar-refractivity contribution < 1.29 is 5.11 Å².